The highest BCUT2D eigenvalue weighted by atomic mass is 32.2. The van der Waals surface area contributed by atoms with Crippen LogP contribution in [0.1, 0.15) is 35.6 Å². The lowest BCUT2D eigenvalue weighted by atomic mass is 9.96. The number of halogens is 1. The molecule has 1 amide bonds. The third kappa shape index (κ3) is 6.40. The van der Waals surface area contributed by atoms with Crippen molar-refractivity contribution in [1.29, 1.82) is 0 Å². The van der Waals surface area contributed by atoms with Gasteiger partial charge >= 0.3 is 0 Å². The van der Waals surface area contributed by atoms with Gasteiger partial charge in [0, 0.05) is 37.7 Å². The fourth-order valence-electron chi connectivity index (χ4n) is 4.48. The molecule has 1 fully saturated rings. The van der Waals surface area contributed by atoms with Gasteiger partial charge in [0.1, 0.15) is 17.3 Å². The van der Waals surface area contributed by atoms with Crippen molar-refractivity contribution in [3.63, 3.8) is 0 Å². The third-order valence-electron chi connectivity index (χ3n) is 6.61. The molecule has 0 radical (unpaired) electrons. The Labute approximate surface area is 222 Å². The monoisotopic (exact) mass is 544 g/mol. The van der Waals surface area contributed by atoms with Crippen molar-refractivity contribution in [2.24, 2.45) is 5.92 Å². The Morgan fingerprint density at radius 3 is 2.53 bits per heavy atom. The summed E-state index contributed by atoms with van der Waals surface area (Å²) in [7, 11) is -0.0413. The quantitative estimate of drug-likeness (QED) is 0.382. The summed E-state index contributed by atoms with van der Waals surface area (Å²) in [5.74, 6) is 0.0219. The molecule has 9 nitrogen and oxygen atoms in total. The maximum absolute atomic E-state index is 14.0. The van der Waals surface area contributed by atoms with Gasteiger partial charge in [-0.25, -0.2) is 12.8 Å². The van der Waals surface area contributed by atoms with E-state index in [1.165, 1.54) is 22.5 Å². The van der Waals surface area contributed by atoms with Crippen LogP contribution in [0.15, 0.2) is 56.5 Å². The van der Waals surface area contributed by atoms with Crippen LogP contribution < -0.4 is 0 Å². The highest BCUT2D eigenvalue weighted by molar-refractivity contribution is 7.89. The molecule has 3 heterocycles. The van der Waals surface area contributed by atoms with Gasteiger partial charge in [-0.05, 0) is 64.2 Å². The standard InChI is InChI=1S/C27H33FN4O5S/c1-20-26(25(37-29-20)11-10-21-7-4-5-9-24(21)28)38(34,35)32-14-12-22(13-15-32)27(33)31(17-16-30(2)3)19-23-8-6-18-36-23/h4-11,18,22H,12-17,19H2,1-3H3/b11-10+. The molecular weight excluding hydrogens is 511 g/mol. The molecule has 0 atom stereocenters. The average molecular weight is 545 g/mol. The third-order valence-corrected chi connectivity index (χ3v) is 8.67. The van der Waals surface area contributed by atoms with E-state index in [0.717, 1.165) is 0 Å². The zero-order chi connectivity index (χ0) is 27.3. The van der Waals surface area contributed by atoms with Crippen LogP contribution in [0.5, 0.6) is 0 Å². The number of carbonyl (C=O) groups excluding carboxylic acids is 1. The van der Waals surface area contributed by atoms with Crippen LogP contribution in [-0.2, 0) is 21.4 Å². The van der Waals surface area contributed by atoms with Gasteiger partial charge in [-0.15, -0.1) is 0 Å². The Balaban J connectivity index is 1.46. The minimum Gasteiger partial charge on any atom is -0.467 e. The topological polar surface area (TPSA) is 100 Å². The first-order valence-electron chi connectivity index (χ1n) is 12.5. The molecule has 3 aromatic rings. The van der Waals surface area contributed by atoms with Crippen molar-refractivity contribution in [1.82, 2.24) is 19.3 Å². The normalized spacial score (nSPS) is 15.5. The molecule has 11 heteroatoms. The highest BCUT2D eigenvalue weighted by Gasteiger charge is 2.37. The second kappa shape index (κ2) is 12.1. The van der Waals surface area contributed by atoms with E-state index >= 15 is 0 Å². The summed E-state index contributed by atoms with van der Waals surface area (Å²) in [5, 5.41) is 3.85. The number of hydrogen-bond donors (Lipinski definition) is 0. The number of sulfonamides is 1. The first-order valence-corrected chi connectivity index (χ1v) is 14.0. The number of rotatable bonds is 10. The Kier molecular flexibility index (Phi) is 8.80. The molecule has 1 saturated heterocycles. The summed E-state index contributed by atoms with van der Waals surface area (Å²) in [5.41, 5.74) is 0.530. The highest BCUT2D eigenvalue weighted by Crippen LogP contribution is 2.30. The number of furan rings is 1. The van der Waals surface area contributed by atoms with Crippen molar-refractivity contribution in [3.8, 4) is 0 Å². The van der Waals surface area contributed by atoms with Gasteiger partial charge in [0.05, 0.1) is 12.8 Å². The van der Waals surface area contributed by atoms with Crippen molar-refractivity contribution < 1.29 is 26.5 Å². The van der Waals surface area contributed by atoms with Crippen molar-refractivity contribution in [3.05, 3.63) is 71.3 Å². The smallest absolute Gasteiger partial charge is 0.248 e. The van der Waals surface area contributed by atoms with Crippen LogP contribution in [0.4, 0.5) is 4.39 Å². The minimum absolute atomic E-state index is 0.00466. The number of benzene rings is 1. The number of aryl methyl sites for hydroxylation is 1. The zero-order valence-electron chi connectivity index (χ0n) is 21.8. The number of likely N-dealkylation sites (N-methyl/N-ethyl adjacent to an activating group) is 1. The maximum Gasteiger partial charge on any atom is 0.248 e. The largest absolute Gasteiger partial charge is 0.467 e. The Morgan fingerprint density at radius 2 is 1.87 bits per heavy atom. The van der Waals surface area contributed by atoms with E-state index < -0.39 is 15.8 Å². The maximum atomic E-state index is 14.0. The van der Waals surface area contributed by atoms with Gasteiger partial charge in [-0.3, -0.25) is 4.79 Å². The SMILES string of the molecule is Cc1noc(/C=C/c2ccccc2F)c1S(=O)(=O)N1CCC(C(=O)N(CCN(C)C)Cc2ccco2)CC1. The van der Waals surface area contributed by atoms with Gasteiger partial charge in [-0.2, -0.15) is 4.31 Å². The first-order chi connectivity index (χ1) is 18.2. The van der Waals surface area contributed by atoms with Crippen LogP contribution in [0.2, 0.25) is 0 Å². The van der Waals surface area contributed by atoms with Gasteiger partial charge in [0.25, 0.3) is 0 Å². The zero-order valence-corrected chi connectivity index (χ0v) is 22.7. The summed E-state index contributed by atoms with van der Waals surface area (Å²) in [6.45, 7) is 3.57. The molecule has 1 aliphatic heterocycles. The predicted molar refractivity (Wildman–Crippen MR) is 141 cm³/mol. The molecule has 0 aliphatic carbocycles. The second-order valence-corrected chi connectivity index (χ2v) is 11.5. The number of hydrogen-bond acceptors (Lipinski definition) is 7. The number of piperidine rings is 1. The number of aromatic nitrogens is 1. The molecule has 0 spiro atoms. The van der Waals surface area contributed by atoms with Gasteiger partial charge < -0.3 is 18.7 Å². The minimum atomic E-state index is -3.94. The molecule has 1 aliphatic rings. The van der Waals surface area contributed by atoms with E-state index in [0.29, 0.717) is 43.8 Å². The molecule has 2 aromatic heterocycles. The Morgan fingerprint density at radius 1 is 1.13 bits per heavy atom. The summed E-state index contributed by atoms with van der Waals surface area (Å²) in [6, 6.07) is 9.80. The fourth-order valence-corrected chi connectivity index (χ4v) is 6.20. The van der Waals surface area contributed by atoms with Gasteiger partial charge in [0.15, 0.2) is 10.7 Å². The fraction of sp³-hybridized carbons (Fsp3) is 0.407. The van der Waals surface area contributed by atoms with Crippen LogP contribution in [0.25, 0.3) is 12.2 Å². The van der Waals surface area contributed by atoms with Crippen molar-refractivity contribution in [2.45, 2.75) is 31.2 Å². The molecule has 0 bridgehead atoms. The van der Waals surface area contributed by atoms with Gasteiger partial charge in [0.2, 0.25) is 15.9 Å². The first kappa shape index (κ1) is 27.7. The van der Waals surface area contributed by atoms with E-state index in [2.05, 4.69) is 5.16 Å². The second-order valence-electron chi connectivity index (χ2n) is 9.64. The predicted octanol–water partition coefficient (Wildman–Crippen LogP) is 3.88. The van der Waals surface area contributed by atoms with E-state index in [-0.39, 0.29) is 41.3 Å². The van der Waals surface area contributed by atoms with Crippen LogP contribution in [0.3, 0.4) is 0 Å². The lowest BCUT2D eigenvalue weighted by Crippen LogP contribution is -2.45. The molecule has 38 heavy (non-hydrogen) atoms. The Hall–Kier alpha value is -3.28. The molecule has 0 saturated carbocycles. The molecule has 0 unspecified atom stereocenters. The van der Waals surface area contributed by atoms with Crippen LogP contribution in [0, 0.1) is 18.7 Å². The molecule has 0 N–H and O–H groups in total. The van der Waals surface area contributed by atoms with Crippen LogP contribution >= 0.6 is 0 Å². The summed E-state index contributed by atoms with van der Waals surface area (Å²) in [4.78, 5) is 17.2. The number of nitrogens with zero attached hydrogens (tertiary/aromatic N) is 4. The van der Waals surface area contributed by atoms with Gasteiger partial charge in [-0.1, -0.05) is 23.4 Å². The molecule has 1 aromatic carbocycles. The summed E-state index contributed by atoms with van der Waals surface area (Å²) in [6.07, 6.45) is 5.26. The Bertz CT molecular complexity index is 1360. The van der Waals surface area contributed by atoms with Crippen molar-refractivity contribution >= 4 is 28.1 Å². The molecule has 204 valence electrons. The molecular formula is C27H33FN4O5S. The van der Waals surface area contributed by atoms with E-state index in [1.54, 1.807) is 42.4 Å². The van der Waals surface area contributed by atoms with E-state index in [9.17, 15) is 17.6 Å². The van der Waals surface area contributed by atoms with Crippen LogP contribution in [-0.4, -0.2) is 73.9 Å². The van der Waals surface area contributed by atoms with E-state index in [4.69, 9.17) is 8.94 Å². The summed E-state index contributed by atoms with van der Waals surface area (Å²) < 4.78 is 53.3. The average Bonchev–Trinajstić information content (AvgIpc) is 3.55. The lowest BCUT2D eigenvalue weighted by molar-refractivity contribution is -0.137. The number of amides is 1. The summed E-state index contributed by atoms with van der Waals surface area (Å²) >= 11 is 0. The lowest BCUT2D eigenvalue weighted by Gasteiger charge is -2.33. The molecule has 4 rings (SSSR count). The van der Waals surface area contributed by atoms with E-state index in [1.807, 2.05) is 25.1 Å². The number of carbonyl (C=O) groups is 1. The van der Waals surface area contributed by atoms with Crippen molar-refractivity contribution in [2.75, 3.05) is 40.3 Å².